The third-order valence-corrected chi connectivity index (χ3v) is 3.00. The number of hydrogen-bond acceptors (Lipinski definition) is 5. The highest BCUT2D eigenvalue weighted by Gasteiger charge is 2.36. The van der Waals surface area contributed by atoms with Crippen LogP contribution < -0.4 is 5.73 Å². The summed E-state index contributed by atoms with van der Waals surface area (Å²) in [6.07, 6.45) is 1.18. The van der Waals surface area contributed by atoms with Gasteiger partial charge in [0.2, 0.25) is 5.91 Å². The summed E-state index contributed by atoms with van der Waals surface area (Å²) in [5.41, 5.74) is 5.64. The Bertz CT molecular complexity index is 344. The molecule has 0 saturated carbocycles. The zero-order chi connectivity index (χ0) is 13.7. The van der Waals surface area contributed by atoms with Crippen LogP contribution in [-0.4, -0.2) is 53.6 Å². The maximum Gasteiger partial charge on any atom is 0.328 e. The Kier molecular flexibility index (Phi) is 5.08. The minimum absolute atomic E-state index is 0.0680. The lowest BCUT2D eigenvalue weighted by atomic mass is 10.1. The van der Waals surface area contributed by atoms with Gasteiger partial charge in [-0.3, -0.25) is 9.59 Å². The Hall–Kier alpha value is -1.63. The molecule has 0 aromatic carbocycles. The van der Waals surface area contributed by atoms with Crippen molar-refractivity contribution in [1.82, 2.24) is 4.90 Å². The number of carboxylic acid groups (broad SMARTS) is 1. The molecule has 102 valence electrons. The lowest BCUT2D eigenvalue weighted by Gasteiger charge is -2.25. The summed E-state index contributed by atoms with van der Waals surface area (Å²) in [5, 5.41) is 8.53. The quantitative estimate of drug-likeness (QED) is 0.634. The van der Waals surface area contributed by atoms with Gasteiger partial charge in [0.25, 0.3) is 0 Å². The number of nitrogens with zero attached hydrogens (tertiary/aromatic N) is 1. The number of carbonyl (C=O) groups is 3. The Balaban J connectivity index is 2.59. The van der Waals surface area contributed by atoms with Crippen LogP contribution in [0.3, 0.4) is 0 Å². The van der Waals surface area contributed by atoms with E-state index in [1.807, 2.05) is 0 Å². The lowest BCUT2D eigenvalue weighted by molar-refractivity contribution is -0.151. The molecular formula is C11H18N2O5. The monoisotopic (exact) mass is 258 g/mol. The molecule has 2 atom stereocenters. The number of amides is 1. The van der Waals surface area contributed by atoms with Crippen LogP contribution >= 0.6 is 0 Å². The van der Waals surface area contributed by atoms with Crippen molar-refractivity contribution in [3.8, 4) is 0 Å². The zero-order valence-corrected chi connectivity index (χ0v) is 10.3. The number of ether oxygens (including phenoxy) is 1. The van der Waals surface area contributed by atoms with Crippen LogP contribution in [0.15, 0.2) is 0 Å². The van der Waals surface area contributed by atoms with Gasteiger partial charge in [-0.15, -0.1) is 0 Å². The largest absolute Gasteiger partial charge is 0.481 e. The summed E-state index contributed by atoms with van der Waals surface area (Å²) in [6.45, 7) is 0.458. The van der Waals surface area contributed by atoms with E-state index < -0.39 is 24.0 Å². The fourth-order valence-electron chi connectivity index (χ4n) is 2.03. The Morgan fingerprint density at radius 3 is 2.72 bits per heavy atom. The molecule has 1 amide bonds. The van der Waals surface area contributed by atoms with E-state index in [0.717, 1.165) is 6.42 Å². The van der Waals surface area contributed by atoms with Crippen molar-refractivity contribution < 1.29 is 24.2 Å². The van der Waals surface area contributed by atoms with E-state index >= 15 is 0 Å². The van der Waals surface area contributed by atoms with Crippen molar-refractivity contribution in [3.63, 3.8) is 0 Å². The van der Waals surface area contributed by atoms with Gasteiger partial charge < -0.3 is 20.5 Å². The predicted octanol–water partition coefficient (Wildman–Crippen LogP) is -0.657. The van der Waals surface area contributed by atoms with Crippen molar-refractivity contribution in [2.75, 3.05) is 13.7 Å². The van der Waals surface area contributed by atoms with Gasteiger partial charge >= 0.3 is 11.9 Å². The molecule has 0 spiro atoms. The summed E-state index contributed by atoms with van der Waals surface area (Å²) in [6, 6.07) is -1.47. The average Bonchev–Trinajstić information content (AvgIpc) is 2.82. The van der Waals surface area contributed by atoms with E-state index in [9.17, 15) is 14.4 Å². The highest BCUT2D eigenvalue weighted by molar-refractivity contribution is 5.88. The number of esters is 1. The van der Waals surface area contributed by atoms with E-state index in [1.54, 1.807) is 0 Å². The smallest absolute Gasteiger partial charge is 0.328 e. The second-order valence-corrected chi connectivity index (χ2v) is 4.25. The highest BCUT2D eigenvalue weighted by atomic mass is 16.5. The fourth-order valence-corrected chi connectivity index (χ4v) is 2.03. The molecule has 1 rings (SSSR count). The molecule has 7 heteroatoms. The van der Waals surface area contributed by atoms with Crippen LogP contribution in [0.5, 0.6) is 0 Å². The molecule has 1 saturated heterocycles. The molecule has 2 unspecified atom stereocenters. The maximum atomic E-state index is 12.0. The molecular weight excluding hydrogens is 240 g/mol. The molecule has 0 aromatic heterocycles. The molecule has 1 fully saturated rings. The SMILES string of the molecule is COC(=O)C1CCCN1C(=O)C(N)CCC(=O)O. The van der Waals surface area contributed by atoms with E-state index in [-0.39, 0.29) is 18.7 Å². The number of methoxy groups -OCH3 is 1. The summed E-state index contributed by atoms with van der Waals surface area (Å²) in [7, 11) is 1.27. The second kappa shape index (κ2) is 6.34. The Morgan fingerprint density at radius 1 is 1.50 bits per heavy atom. The molecule has 1 aliphatic heterocycles. The summed E-state index contributed by atoms with van der Waals surface area (Å²) in [5.74, 6) is -1.83. The zero-order valence-electron chi connectivity index (χ0n) is 10.3. The topological polar surface area (TPSA) is 110 Å². The molecule has 1 heterocycles. The molecule has 0 bridgehead atoms. The molecule has 18 heavy (non-hydrogen) atoms. The molecule has 0 aliphatic carbocycles. The van der Waals surface area contributed by atoms with E-state index in [1.165, 1.54) is 12.0 Å². The van der Waals surface area contributed by atoms with Gasteiger partial charge in [-0.25, -0.2) is 4.79 Å². The number of carbonyl (C=O) groups excluding carboxylic acids is 2. The minimum atomic E-state index is -0.996. The number of hydrogen-bond donors (Lipinski definition) is 2. The predicted molar refractivity (Wildman–Crippen MR) is 61.6 cm³/mol. The standard InChI is InChI=1S/C11H18N2O5/c1-18-11(17)8-3-2-6-13(8)10(16)7(12)4-5-9(14)15/h7-8H,2-6,12H2,1H3,(H,14,15). The van der Waals surface area contributed by atoms with Gasteiger partial charge in [0.1, 0.15) is 6.04 Å². The fraction of sp³-hybridized carbons (Fsp3) is 0.727. The maximum absolute atomic E-state index is 12.0. The molecule has 0 aromatic rings. The number of carboxylic acids is 1. The number of aliphatic carboxylic acids is 1. The first-order valence-corrected chi connectivity index (χ1v) is 5.83. The van der Waals surface area contributed by atoms with Crippen LogP contribution in [0, 0.1) is 0 Å². The highest BCUT2D eigenvalue weighted by Crippen LogP contribution is 2.19. The first-order valence-electron chi connectivity index (χ1n) is 5.83. The van der Waals surface area contributed by atoms with Crippen LogP contribution in [0.25, 0.3) is 0 Å². The minimum Gasteiger partial charge on any atom is -0.481 e. The lowest BCUT2D eigenvalue weighted by Crippen LogP contribution is -2.48. The number of likely N-dealkylation sites (tertiary alicyclic amines) is 1. The van der Waals surface area contributed by atoms with Crippen molar-refractivity contribution in [1.29, 1.82) is 0 Å². The molecule has 7 nitrogen and oxygen atoms in total. The van der Waals surface area contributed by atoms with Gasteiger partial charge in [-0.2, -0.15) is 0 Å². The Labute approximate surface area is 105 Å². The van der Waals surface area contributed by atoms with Crippen molar-refractivity contribution in [2.45, 2.75) is 37.8 Å². The molecule has 1 aliphatic rings. The molecule has 3 N–H and O–H groups in total. The van der Waals surface area contributed by atoms with E-state index in [2.05, 4.69) is 4.74 Å². The van der Waals surface area contributed by atoms with Gasteiger partial charge in [-0.1, -0.05) is 0 Å². The summed E-state index contributed by atoms with van der Waals surface area (Å²) in [4.78, 5) is 35.3. The van der Waals surface area contributed by atoms with Crippen molar-refractivity contribution in [2.24, 2.45) is 5.73 Å². The van der Waals surface area contributed by atoms with Gasteiger partial charge in [-0.05, 0) is 19.3 Å². The van der Waals surface area contributed by atoms with Crippen LogP contribution in [0.1, 0.15) is 25.7 Å². The normalized spacial score (nSPS) is 20.6. The van der Waals surface area contributed by atoms with E-state index in [0.29, 0.717) is 13.0 Å². The van der Waals surface area contributed by atoms with Gasteiger partial charge in [0.05, 0.1) is 13.2 Å². The van der Waals surface area contributed by atoms with Crippen LogP contribution in [0.4, 0.5) is 0 Å². The molecule has 0 radical (unpaired) electrons. The van der Waals surface area contributed by atoms with Crippen molar-refractivity contribution in [3.05, 3.63) is 0 Å². The third kappa shape index (κ3) is 3.43. The second-order valence-electron chi connectivity index (χ2n) is 4.25. The first kappa shape index (κ1) is 14.4. The Morgan fingerprint density at radius 2 is 2.17 bits per heavy atom. The first-order chi connectivity index (χ1) is 8.47. The number of nitrogens with two attached hydrogens (primary N) is 1. The van der Waals surface area contributed by atoms with Crippen LogP contribution in [0.2, 0.25) is 0 Å². The average molecular weight is 258 g/mol. The van der Waals surface area contributed by atoms with E-state index in [4.69, 9.17) is 10.8 Å². The number of rotatable bonds is 5. The van der Waals surface area contributed by atoms with Crippen molar-refractivity contribution >= 4 is 17.8 Å². The summed E-state index contributed by atoms with van der Waals surface area (Å²) >= 11 is 0. The van der Waals surface area contributed by atoms with Gasteiger partial charge in [0.15, 0.2) is 0 Å². The summed E-state index contributed by atoms with van der Waals surface area (Å²) < 4.78 is 4.62. The third-order valence-electron chi connectivity index (χ3n) is 3.00. The van der Waals surface area contributed by atoms with Crippen LogP contribution in [-0.2, 0) is 19.1 Å². The van der Waals surface area contributed by atoms with Gasteiger partial charge in [0, 0.05) is 13.0 Å².